The fraction of sp³-hybridized carbons (Fsp3) is 0.400. The van der Waals surface area contributed by atoms with Crippen LogP contribution in [0.1, 0.15) is 18.4 Å². The molecule has 1 aromatic rings. The molecular formula is C15H18ClN3. The Bertz CT molecular complexity index is 512. The van der Waals surface area contributed by atoms with Crippen LogP contribution in [0, 0.1) is 12.3 Å². The van der Waals surface area contributed by atoms with Crippen molar-refractivity contribution in [2.24, 2.45) is 4.99 Å². The van der Waals surface area contributed by atoms with Crippen LogP contribution < -0.4 is 10.6 Å². The summed E-state index contributed by atoms with van der Waals surface area (Å²) in [6, 6.07) is 8.09. The van der Waals surface area contributed by atoms with E-state index >= 15 is 0 Å². The van der Waals surface area contributed by atoms with Gasteiger partial charge < -0.3 is 10.6 Å². The molecule has 1 fully saturated rings. The van der Waals surface area contributed by atoms with E-state index in [-0.39, 0.29) is 5.41 Å². The zero-order valence-electron chi connectivity index (χ0n) is 11.0. The summed E-state index contributed by atoms with van der Waals surface area (Å²) in [5, 5.41) is 7.17. The molecule has 2 N–H and O–H groups in total. The number of guanidine groups is 1. The lowest BCUT2D eigenvalue weighted by atomic mass is 9.96. The number of nitrogens with zero attached hydrogens (tertiary/aromatic N) is 1. The molecule has 0 amide bonds. The predicted molar refractivity (Wildman–Crippen MR) is 80.6 cm³/mol. The Hall–Kier alpha value is -1.66. The van der Waals surface area contributed by atoms with Crippen molar-refractivity contribution in [3.05, 3.63) is 34.9 Å². The Kier molecular flexibility index (Phi) is 4.34. The molecule has 1 saturated carbocycles. The second kappa shape index (κ2) is 5.99. The summed E-state index contributed by atoms with van der Waals surface area (Å²) >= 11 is 6.06. The average molecular weight is 276 g/mol. The summed E-state index contributed by atoms with van der Waals surface area (Å²) < 4.78 is 0. The van der Waals surface area contributed by atoms with E-state index in [9.17, 15) is 0 Å². The van der Waals surface area contributed by atoms with Gasteiger partial charge in [-0.3, -0.25) is 4.99 Å². The Balaban J connectivity index is 1.97. The van der Waals surface area contributed by atoms with Gasteiger partial charge in [-0.2, -0.15) is 0 Å². The summed E-state index contributed by atoms with van der Waals surface area (Å²) in [5.41, 5.74) is 1.48. The Labute approximate surface area is 119 Å². The third-order valence-corrected chi connectivity index (χ3v) is 3.70. The maximum absolute atomic E-state index is 6.06. The van der Waals surface area contributed by atoms with Crippen molar-refractivity contribution in [3.8, 4) is 12.3 Å². The second-order valence-corrected chi connectivity index (χ2v) is 5.21. The highest BCUT2D eigenvalue weighted by atomic mass is 35.5. The molecule has 0 bridgehead atoms. The van der Waals surface area contributed by atoms with E-state index in [1.54, 1.807) is 7.05 Å². The minimum Gasteiger partial charge on any atom is -0.355 e. The van der Waals surface area contributed by atoms with Gasteiger partial charge in [-0.05, 0) is 30.5 Å². The molecule has 1 aliphatic carbocycles. The number of halogens is 1. The molecule has 0 aliphatic heterocycles. The highest BCUT2D eigenvalue weighted by Gasteiger charge is 2.44. The molecule has 4 heteroatoms. The average Bonchev–Trinajstić information content (AvgIpc) is 3.20. The van der Waals surface area contributed by atoms with E-state index in [1.165, 1.54) is 18.4 Å². The zero-order chi connectivity index (χ0) is 13.7. The van der Waals surface area contributed by atoms with Crippen molar-refractivity contribution < 1.29 is 0 Å². The predicted octanol–water partition coefficient (Wildman–Crippen LogP) is 2.17. The van der Waals surface area contributed by atoms with Crippen LogP contribution >= 0.6 is 11.6 Å². The fourth-order valence-electron chi connectivity index (χ4n) is 2.15. The smallest absolute Gasteiger partial charge is 0.191 e. The van der Waals surface area contributed by atoms with Gasteiger partial charge in [0.15, 0.2) is 5.96 Å². The number of hydrogen-bond donors (Lipinski definition) is 2. The van der Waals surface area contributed by atoms with E-state index in [0.717, 1.165) is 17.5 Å². The largest absolute Gasteiger partial charge is 0.355 e. The molecule has 0 aromatic heterocycles. The van der Waals surface area contributed by atoms with Crippen molar-refractivity contribution in [3.63, 3.8) is 0 Å². The second-order valence-electron chi connectivity index (χ2n) is 4.77. The molecule has 0 atom stereocenters. The molecule has 0 unspecified atom stereocenters. The lowest BCUT2D eigenvalue weighted by molar-refractivity contribution is 0.649. The first-order valence-corrected chi connectivity index (χ1v) is 6.72. The third-order valence-electron chi connectivity index (χ3n) is 3.47. The van der Waals surface area contributed by atoms with Gasteiger partial charge in [0.25, 0.3) is 0 Å². The minimum absolute atomic E-state index is 0.193. The van der Waals surface area contributed by atoms with Gasteiger partial charge in [-0.25, -0.2) is 0 Å². The zero-order valence-corrected chi connectivity index (χ0v) is 11.8. The maximum atomic E-state index is 6.06. The van der Waals surface area contributed by atoms with Gasteiger partial charge in [0.05, 0.1) is 6.54 Å². The monoisotopic (exact) mass is 275 g/mol. The van der Waals surface area contributed by atoms with Crippen molar-refractivity contribution in [1.82, 2.24) is 10.6 Å². The highest BCUT2D eigenvalue weighted by Crippen LogP contribution is 2.48. The van der Waals surface area contributed by atoms with Crippen molar-refractivity contribution in [2.45, 2.75) is 18.3 Å². The molecule has 1 aromatic carbocycles. The van der Waals surface area contributed by atoms with Crippen molar-refractivity contribution >= 4 is 17.6 Å². The van der Waals surface area contributed by atoms with Gasteiger partial charge in [0.2, 0.25) is 0 Å². The summed E-state index contributed by atoms with van der Waals surface area (Å²) in [4.78, 5) is 4.14. The molecule has 100 valence electrons. The first-order valence-electron chi connectivity index (χ1n) is 6.34. The first kappa shape index (κ1) is 13.8. The Morgan fingerprint density at radius 2 is 2.26 bits per heavy atom. The van der Waals surface area contributed by atoms with Crippen LogP contribution in [-0.2, 0) is 5.41 Å². The van der Waals surface area contributed by atoms with Crippen molar-refractivity contribution in [2.75, 3.05) is 20.1 Å². The van der Waals surface area contributed by atoms with E-state index in [0.29, 0.717) is 6.54 Å². The van der Waals surface area contributed by atoms with Crippen LogP contribution in [0.5, 0.6) is 0 Å². The Morgan fingerprint density at radius 3 is 2.84 bits per heavy atom. The number of rotatable bonds is 4. The van der Waals surface area contributed by atoms with E-state index in [1.807, 2.05) is 18.2 Å². The lowest BCUT2D eigenvalue weighted by Crippen LogP contribution is -2.41. The van der Waals surface area contributed by atoms with E-state index in [2.05, 4.69) is 27.6 Å². The van der Waals surface area contributed by atoms with E-state index in [4.69, 9.17) is 18.0 Å². The number of aliphatic imine (C=N–C) groups is 1. The lowest BCUT2D eigenvalue weighted by Gasteiger charge is -2.18. The molecule has 19 heavy (non-hydrogen) atoms. The summed E-state index contributed by atoms with van der Waals surface area (Å²) in [6.07, 6.45) is 7.57. The number of terminal acetylenes is 1. The van der Waals surface area contributed by atoms with Crippen LogP contribution in [0.3, 0.4) is 0 Å². The molecule has 0 radical (unpaired) electrons. The molecular weight excluding hydrogens is 258 g/mol. The van der Waals surface area contributed by atoms with E-state index < -0.39 is 0 Å². The third kappa shape index (κ3) is 3.42. The molecule has 0 saturated heterocycles. The van der Waals surface area contributed by atoms with Crippen LogP contribution in [0.2, 0.25) is 5.02 Å². The molecule has 1 aliphatic rings. The van der Waals surface area contributed by atoms with Gasteiger partial charge in [0, 0.05) is 24.0 Å². The molecule has 3 nitrogen and oxygen atoms in total. The van der Waals surface area contributed by atoms with Gasteiger partial charge in [0.1, 0.15) is 0 Å². The highest BCUT2D eigenvalue weighted by molar-refractivity contribution is 6.30. The fourth-order valence-corrected chi connectivity index (χ4v) is 2.34. The van der Waals surface area contributed by atoms with Gasteiger partial charge in [-0.1, -0.05) is 29.7 Å². The van der Waals surface area contributed by atoms with Crippen molar-refractivity contribution in [1.29, 1.82) is 0 Å². The van der Waals surface area contributed by atoms with Gasteiger partial charge in [-0.15, -0.1) is 6.42 Å². The number of hydrogen-bond acceptors (Lipinski definition) is 1. The minimum atomic E-state index is 0.193. The molecule has 0 spiro atoms. The molecule has 0 heterocycles. The van der Waals surface area contributed by atoms with Crippen LogP contribution in [-0.4, -0.2) is 26.1 Å². The quantitative estimate of drug-likeness (QED) is 0.502. The van der Waals surface area contributed by atoms with Gasteiger partial charge >= 0.3 is 0 Å². The van der Waals surface area contributed by atoms with Crippen LogP contribution in [0.25, 0.3) is 0 Å². The SMILES string of the molecule is C#CCNC(=NC)NCC1(c2cccc(Cl)c2)CC1. The summed E-state index contributed by atoms with van der Waals surface area (Å²) in [6.45, 7) is 1.32. The molecule has 2 rings (SSSR count). The number of nitrogens with one attached hydrogen (secondary N) is 2. The first-order chi connectivity index (χ1) is 9.20. The normalized spacial score (nSPS) is 16.6. The number of benzene rings is 1. The van der Waals surface area contributed by atoms with Crippen LogP contribution in [0.15, 0.2) is 29.3 Å². The standard InChI is InChI=1S/C15H18ClN3/c1-3-9-18-14(17-2)19-11-15(7-8-15)12-5-4-6-13(16)10-12/h1,4-6,10H,7-9,11H2,2H3,(H2,17,18,19). The Morgan fingerprint density at radius 1 is 1.47 bits per heavy atom. The summed E-state index contributed by atoms with van der Waals surface area (Å²) in [5.74, 6) is 3.28. The topological polar surface area (TPSA) is 36.4 Å². The van der Waals surface area contributed by atoms with Crippen LogP contribution in [0.4, 0.5) is 0 Å². The maximum Gasteiger partial charge on any atom is 0.191 e. The summed E-state index contributed by atoms with van der Waals surface area (Å²) in [7, 11) is 1.74.